The molecule has 0 bridgehead atoms. The number of aryl methyl sites for hydroxylation is 1. The molecule has 0 spiro atoms. The monoisotopic (exact) mass is 293 g/mol. The van der Waals surface area contributed by atoms with Gasteiger partial charge in [0.1, 0.15) is 5.82 Å². The lowest BCUT2D eigenvalue weighted by Crippen LogP contribution is -2.38. The van der Waals surface area contributed by atoms with E-state index in [0.29, 0.717) is 6.04 Å². The lowest BCUT2D eigenvalue weighted by atomic mass is 10.0. The van der Waals surface area contributed by atoms with Crippen LogP contribution in [0.4, 0.5) is 11.5 Å². The van der Waals surface area contributed by atoms with E-state index in [-0.39, 0.29) is 0 Å². The maximum absolute atomic E-state index is 6.13. The van der Waals surface area contributed by atoms with Gasteiger partial charge in [-0.1, -0.05) is 6.42 Å². The van der Waals surface area contributed by atoms with Crippen LogP contribution in [0.15, 0.2) is 0 Å². The Kier molecular flexibility index (Phi) is 5.51. The normalized spacial score (nSPS) is 20.1. The van der Waals surface area contributed by atoms with E-state index < -0.39 is 0 Å². The van der Waals surface area contributed by atoms with Crippen molar-refractivity contribution in [2.24, 2.45) is 0 Å². The highest BCUT2D eigenvalue weighted by Crippen LogP contribution is 2.25. The average molecular weight is 293 g/mol. The summed E-state index contributed by atoms with van der Waals surface area (Å²) in [6.45, 7) is 12.0. The molecule has 2 rings (SSSR count). The Labute approximate surface area is 128 Å². The number of rotatable bonds is 6. The summed E-state index contributed by atoms with van der Waals surface area (Å²) in [5.41, 5.74) is 7.83. The smallest absolute Gasteiger partial charge is 0.148 e. The Hall–Kier alpha value is -1.23. The molecule has 0 aromatic carbocycles. The number of hydrogen-bond donors (Lipinski definition) is 2. The second kappa shape index (κ2) is 7.16. The minimum atomic E-state index is 0.325. The number of nitrogens with one attached hydrogen (secondary N) is 1. The molecule has 1 aliphatic rings. The lowest BCUT2D eigenvalue weighted by molar-refractivity contribution is 0.160. The second-order valence-electron chi connectivity index (χ2n) is 6.55. The summed E-state index contributed by atoms with van der Waals surface area (Å²) in [5.74, 6) is 0.981. The molecule has 0 saturated carbocycles. The third-order valence-corrected chi connectivity index (χ3v) is 4.48. The van der Waals surface area contributed by atoms with Gasteiger partial charge in [0.05, 0.1) is 11.4 Å². The molecule has 5 nitrogen and oxygen atoms in total. The van der Waals surface area contributed by atoms with Crippen LogP contribution in [-0.4, -0.2) is 40.4 Å². The van der Waals surface area contributed by atoms with Gasteiger partial charge < -0.3 is 16.0 Å². The Bertz CT molecular complexity index is 452. The van der Waals surface area contributed by atoms with Crippen molar-refractivity contribution in [3.05, 3.63) is 5.69 Å². The van der Waals surface area contributed by atoms with Crippen molar-refractivity contribution < 1.29 is 0 Å². The zero-order chi connectivity index (χ0) is 15.4. The predicted molar refractivity (Wildman–Crippen MR) is 89.8 cm³/mol. The van der Waals surface area contributed by atoms with Crippen LogP contribution in [0.1, 0.15) is 58.2 Å². The van der Waals surface area contributed by atoms with Crippen LogP contribution in [0, 0.1) is 6.92 Å². The van der Waals surface area contributed by atoms with Crippen molar-refractivity contribution in [2.45, 2.75) is 65.5 Å². The predicted octanol–water partition coefficient (Wildman–Crippen LogP) is 3.03. The fourth-order valence-electron chi connectivity index (χ4n) is 3.09. The van der Waals surface area contributed by atoms with Crippen LogP contribution >= 0.6 is 0 Å². The number of piperidine rings is 1. The molecule has 3 N–H and O–H groups in total. The van der Waals surface area contributed by atoms with Gasteiger partial charge in [-0.3, -0.25) is 0 Å². The number of likely N-dealkylation sites (tertiary alicyclic amines) is 1. The molecule has 0 radical (unpaired) electrons. The van der Waals surface area contributed by atoms with E-state index in [9.17, 15) is 0 Å². The van der Waals surface area contributed by atoms with E-state index in [1.807, 2.05) is 11.6 Å². The fourth-order valence-corrected chi connectivity index (χ4v) is 3.09. The lowest BCUT2D eigenvalue weighted by Gasteiger charge is -2.33. The van der Waals surface area contributed by atoms with Gasteiger partial charge in [-0.2, -0.15) is 5.10 Å². The summed E-state index contributed by atoms with van der Waals surface area (Å²) in [6.07, 6.45) is 5.23. The molecule has 0 amide bonds. The highest BCUT2D eigenvalue weighted by molar-refractivity contribution is 5.64. The average Bonchev–Trinajstić information content (AvgIpc) is 2.73. The summed E-state index contributed by atoms with van der Waals surface area (Å²) >= 11 is 0. The molecule has 1 atom stereocenters. The Morgan fingerprint density at radius 2 is 2.14 bits per heavy atom. The van der Waals surface area contributed by atoms with Crippen LogP contribution in [0.3, 0.4) is 0 Å². The minimum Gasteiger partial charge on any atom is -0.394 e. The zero-order valence-corrected chi connectivity index (χ0v) is 14.0. The van der Waals surface area contributed by atoms with Crippen molar-refractivity contribution in [3.63, 3.8) is 0 Å². The van der Waals surface area contributed by atoms with Crippen LogP contribution in [0.5, 0.6) is 0 Å². The topological polar surface area (TPSA) is 59.1 Å². The molecule has 120 valence electrons. The molecule has 2 heterocycles. The molecular formula is C16H31N5. The maximum Gasteiger partial charge on any atom is 0.148 e. The van der Waals surface area contributed by atoms with Crippen molar-refractivity contribution >= 4 is 11.5 Å². The quantitative estimate of drug-likeness (QED) is 0.792. The number of aromatic nitrogens is 2. The largest absolute Gasteiger partial charge is 0.394 e. The number of nitrogens with zero attached hydrogens (tertiary/aromatic N) is 3. The molecule has 1 aromatic heterocycles. The summed E-state index contributed by atoms with van der Waals surface area (Å²) < 4.78 is 1.99. The van der Waals surface area contributed by atoms with Gasteiger partial charge in [0, 0.05) is 25.2 Å². The van der Waals surface area contributed by atoms with E-state index in [1.165, 1.54) is 32.4 Å². The van der Waals surface area contributed by atoms with Gasteiger partial charge in [0.25, 0.3) is 0 Å². The Morgan fingerprint density at radius 3 is 2.81 bits per heavy atom. The van der Waals surface area contributed by atoms with E-state index in [4.69, 9.17) is 5.73 Å². The first-order valence-electron chi connectivity index (χ1n) is 8.33. The van der Waals surface area contributed by atoms with E-state index in [2.05, 4.69) is 36.1 Å². The summed E-state index contributed by atoms with van der Waals surface area (Å²) in [7, 11) is 0. The third-order valence-electron chi connectivity index (χ3n) is 4.48. The van der Waals surface area contributed by atoms with Crippen LogP contribution in [0.25, 0.3) is 0 Å². The Balaban J connectivity index is 1.83. The van der Waals surface area contributed by atoms with Gasteiger partial charge in [0.2, 0.25) is 0 Å². The third kappa shape index (κ3) is 3.90. The fraction of sp³-hybridized carbons (Fsp3) is 0.812. The van der Waals surface area contributed by atoms with Crippen molar-refractivity contribution in [1.29, 1.82) is 0 Å². The number of anilines is 2. The number of nitrogen functional groups attached to an aromatic ring is 1. The first-order chi connectivity index (χ1) is 10.0. The van der Waals surface area contributed by atoms with Gasteiger partial charge in [0.15, 0.2) is 0 Å². The van der Waals surface area contributed by atoms with E-state index in [0.717, 1.165) is 36.2 Å². The summed E-state index contributed by atoms with van der Waals surface area (Å²) in [5, 5.41) is 8.00. The van der Waals surface area contributed by atoms with E-state index in [1.54, 1.807) is 0 Å². The van der Waals surface area contributed by atoms with Crippen LogP contribution in [-0.2, 0) is 0 Å². The van der Waals surface area contributed by atoms with Crippen LogP contribution in [0.2, 0.25) is 0 Å². The van der Waals surface area contributed by atoms with Gasteiger partial charge in [-0.05, 0) is 53.5 Å². The zero-order valence-electron chi connectivity index (χ0n) is 14.0. The molecular weight excluding hydrogens is 262 g/mol. The van der Waals surface area contributed by atoms with Gasteiger partial charge in [-0.25, -0.2) is 4.68 Å². The number of nitrogens with two attached hydrogens (primary N) is 1. The molecule has 0 aliphatic carbocycles. The second-order valence-corrected chi connectivity index (χ2v) is 6.55. The van der Waals surface area contributed by atoms with Gasteiger partial charge in [-0.15, -0.1) is 0 Å². The van der Waals surface area contributed by atoms with Crippen molar-refractivity contribution in [1.82, 2.24) is 14.7 Å². The molecule has 1 fully saturated rings. The summed E-state index contributed by atoms with van der Waals surface area (Å²) in [4.78, 5) is 2.61. The maximum atomic E-state index is 6.13. The van der Waals surface area contributed by atoms with Crippen molar-refractivity contribution in [3.8, 4) is 0 Å². The van der Waals surface area contributed by atoms with Gasteiger partial charge >= 0.3 is 0 Å². The molecule has 1 saturated heterocycles. The molecule has 21 heavy (non-hydrogen) atoms. The standard InChI is InChI=1S/C16H31N5/c1-12(2)21-16(15(17)14(4)19-21)18-9-7-11-20-10-6-5-8-13(20)3/h12-13,18H,5-11,17H2,1-4H3. The number of hydrogen-bond acceptors (Lipinski definition) is 4. The molecule has 1 aliphatic heterocycles. The Morgan fingerprint density at radius 1 is 1.38 bits per heavy atom. The molecule has 5 heteroatoms. The SMILES string of the molecule is Cc1nn(C(C)C)c(NCCCN2CCCCC2C)c1N. The highest BCUT2D eigenvalue weighted by Gasteiger charge is 2.18. The molecule has 1 unspecified atom stereocenters. The first kappa shape index (κ1) is 16.1. The highest BCUT2D eigenvalue weighted by atomic mass is 15.4. The van der Waals surface area contributed by atoms with Crippen molar-refractivity contribution in [2.75, 3.05) is 30.7 Å². The van der Waals surface area contributed by atoms with Crippen LogP contribution < -0.4 is 11.1 Å². The summed E-state index contributed by atoms with van der Waals surface area (Å²) in [6, 6.07) is 1.07. The van der Waals surface area contributed by atoms with E-state index >= 15 is 0 Å². The molecule has 1 aromatic rings. The first-order valence-corrected chi connectivity index (χ1v) is 8.33. The minimum absolute atomic E-state index is 0.325.